The van der Waals surface area contributed by atoms with Crippen molar-refractivity contribution >= 4 is 5.97 Å². The van der Waals surface area contributed by atoms with Crippen LogP contribution in [0.5, 0.6) is 5.75 Å². The fraction of sp³-hybridized carbons (Fsp3) is 0.873. The molecule has 21 saturated heterocycles. The number of aliphatic hydroxyl groups excluding tert-OH is 23. The number of para-hydroxylation sites is 1. The smallest absolute Gasteiger partial charge is 0.342 e. The Morgan fingerprint density at radius 3 is 0.660 bits per heavy atom. The molecule has 0 spiro atoms. The summed E-state index contributed by atoms with van der Waals surface area (Å²) in [4.78, 5) is 13.8. The molecule has 40 atom stereocenters. The zero-order valence-electron chi connectivity index (χ0n) is 50.6. The number of benzene rings is 1. The van der Waals surface area contributed by atoms with E-state index in [1.54, 1.807) is 0 Å². The Bertz CT molecular complexity index is 2630. The molecule has 21 aliphatic heterocycles. The van der Waals surface area contributed by atoms with Gasteiger partial charge in [0.05, 0.1) is 52.9 Å². The highest BCUT2D eigenvalue weighted by Crippen LogP contribution is 2.40. The number of aromatic hydroxyl groups is 1. The third kappa shape index (κ3) is 15.3. The summed E-state index contributed by atoms with van der Waals surface area (Å²) in [5.41, 5.74) is -0.529. The van der Waals surface area contributed by atoms with Crippen molar-refractivity contribution < 1.29 is 208 Å². The molecule has 1 aromatic carbocycles. The minimum Gasteiger partial charge on any atom is -0.507 e. The summed E-state index contributed by atoms with van der Waals surface area (Å²) in [5.74, 6) is -2.06. The predicted octanol–water partition coefficient (Wildman–Crippen LogP) is -15.8. The van der Waals surface area contributed by atoms with Crippen molar-refractivity contribution in [2.75, 3.05) is 52.9 Å². The summed E-state index contributed by atoms with van der Waals surface area (Å²) < 4.78 is 98.0. The van der Waals surface area contributed by atoms with E-state index < -0.39 is 316 Å². The standard InChI is InChI=1S/C55H84O42/c56-5-15-38-23(65)30(72)48(81-15)90-39-16(6-57)82-50(31(73)24(39)66)92-41-18(8-59)84-52(33(75)26(41)68)94-43-20(10-61)86-54(35(77)28(43)70)96-45-22(12-63)88-55(46(37(45)79)89-47(80)13-3-1-2-4-14(13)64)97-44-21(11-62)87-53(36(78)29(44)71)95-42-19(9-60)85-51(34(76)27(42)69)93-40-17(7-58)83-49(91-38)32(74)25(40)67/h1-4,15-46,48-79H,5-12H2/t15-,16-,17-,18-,19-,20-,21-,22-,23-,24-,25-,26-,27-,28-,29-,30-,31-,32-,33-,34-,35-,36-,37+,38-,39-,40-,41-,42-,43-,44-,45-,46-,48-,49-,50-,51-,52-,53-,54-,55-/m1/s1. The monoisotopic (exact) mass is 1420 g/mol. The quantitative estimate of drug-likeness (QED) is 0.0967. The van der Waals surface area contributed by atoms with E-state index in [0.29, 0.717) is 0 Å². The first-order chi connectivity index (χ1) is 46.3. The van der Waals surface area contributed by atoms with E-state index in [-0.39, 0.29) is 0 Å². The van der Waals surface area contributed by atoms with Gasteiger partial charge in [0.15, 0.2) is 56.4 Å². The molecule has 556 valence electrons. The number of esters is 1. The van der Waals surface area contributed by atoms with Gasteiger partial charge in [0.25, 0.3) is 0 Å². The first kappa shape index (κ1) is 76.6. The molecule has 24 N–H and O–H groups in total. The van der Waals surface area contributed by atoms with E-state index in [0.717, 1.165) is 12.1 Å². The lowest BCUT2D eigenvalue weighted by Crippen LogP contribution is -2.69. The summed E-state index contributed by atoms with van der Waals surface area (Å²) in [6, 6.07) is 4.80. The number of phenolic OH excluding ortho intramolecular Hbond substituents is 1. The maximum absolute atomic E-state index is 13.8. The van der Waals surface area contributed by atoms with Crippen molar-refractivity contribution in [2.24, 2.45) is 0 Å². The molecule has 0 amide bonds. The van der Waals surface area contributed by atoms with E-state index >= 15 is 0 Å². The van der Waals surface area contributed by atoms with Crippen molar-refractivity contribution in [2.45, 2.75) is 246 Å². The van der Waals surface area contributed by atoms with Crippen LogP contribution >= 0.6 is 0 Å². The summed E-state index contributed by atoms with van der Waals surface area (Å²) in [5, 5.41) is 268. The molecule has 0 unspecified atom stereocenters. The van der Waals surface area contributed by atoms with Crippen molar-refractivity contribution in [1.82, 2.24) is 0 Å². The van der Waals surface area contributed by atoms with Crippen molar-refractivity contribution in [1.29, 1.82) is 0 Å². The average Bonchev–Trinajstić information content (AvgIpc) is 0.777. The number of hydrogen-bond acceptors (Lipinski definition) is 42. The van der Waals surface area contributed by atoms with Crippen LogP contribution in [0.2, 0.25) is 0 Å². The lowest BCUT2D eigenvalue weighted by atomic mass is 9.94. The van der Waals surface area contributed by atoms with Crippen LogP contribution < -0.4 is 0 Å². The van der Waals surface area contributed by atoms with Crippen LogP contribution in [0.3, 0.4) is 0 Å². The van der Waals surface area contributed by atoms with Crippen LogP contribution in [0, 0.1) is 0 Å². The van der Waals surface area contributed by atoms with Gasteiger partial charge in [0.1, 0.15) is 201 Å². The largest absolute Gasteiger partial charge is 0.507 e. The fourth-order valence-corrected chi connectivity index (χ4v) is 12.8. The van der Waals surface area contributed by atoms with Crippen molar-refractivity contribution in [3.05, 3.63) is 29.8 Å². The summed E-state index contributed by atoms with van der Waals surface area (Å²) >= 11 is 0. The van der Waals surface area contributed by atoms with Gasteiger partial charge in [-0.3, -0.25) is 0 Å². The normalized spacial score (nSPS) is 51.2. The molecule has 22 rings (SSSR count). The van der Waals surface area contributed by atoms with E-state index in [2.05, 4.69) is 0 Å². The molecule has 0 aliphatic carbocycles. The Balaban J connectivity index is 0.944. The number of aliphatic hydroxyl groups is 23. The number of carbonyl (C=O) groups is 1. The van der Waals surface area contributed by atoms with E-state index in [4.69, 9.17) is 80.5 Å². The highest BCUT2D eigenvalue weighted by atomic mass is 16.8. The Labute approximate surface area is 546 Å². The summed E-state index contributed by atoms with van der Waals surface area (Å²) in [7, 11) is 0. The third-order valence-electron chi connectivity index (χ3n) is 18.2. The molecule has 0 radical (unpaired) electrons. The minimum absolute atomic E-state index is 0.529. The third-order valence-corrected chi connectivity index (χ3v) is 18.2. The van der Waals surface area contributed by atoms with Crippen LogP contribution in [0.1, 0.15) is 10.4 Å². The summed E-state index contributed by atoms with van der Waals surface area (Å²) in [6.07, 6.45) is -84.3. The number of rotatable bonds is 10. The van der Waals surface area contributed by atoms with Gasteiger partial charge in [-0.25, -0.2) is 4.79 Å². The van der Waals surface area contributed by atoms with Crippen LogP contribution in [0.25, 0.3) is 0 Å². The Kier molecular flexibility index (Phi) is 25.8. The molecule has 1 aromatic rings. The molecule has 21 fully saturated rings. The number of phenols is 1. The molecular weight excluding hydrogens is 1330 g/mol. The van der Waals surface area contributed by atoms with Crippen LogP contribution in [0.15, 0.2) is 24.3 Å². The molecule has 16 bridgehead atoms. The van der Waals surface area contributed by atoms with Gasteiger partial charge < -0.3 is 203 Å². The first-order valence-corrected chi connectivity index (χ1v) is 30.8. The van der Waals surface area contributed by atoms with E-state index in [1.807, 2.05) is 0 Å². The summed E-state index contributed by atoms with van der Waals surface area (Å²) in [6.45, 7) is -8.99. The minimum atomic E-state index is -2.35. The van der Waals surface area contributed by atoms with E-state index in [1.165, 1.54) is 12.1 Å². The van der Waals surface area contributed by atoms with Gasteiger partial charge in [-0.1, -0.05) is 12.1 Å². The van der Waals surface area contributed by atoms with Gasteiger partial charge in [0, 0.05) is 0 Å². The second kappa shape index (κ2) is 32.7. The van der Waals surface area contributed by atoms with Gasteiger partial charge in [-0.05, 0) is 12.1 Å². The Morgan fingerprint density at radius 2 is 0.454 bits per heavy atom. The zero-order valence-corrected chi connectivity index (χ0v) is 50.6. The number of ether oxygens (including phenoxy) is 17. The van der Waals surface area contributed by atoms with Gasteiger partial charge in [0.2, 0.25) is 0 Å². The maximum atomic E-state index is 13.8. The molecule has 21 heterocycles. The molecular formula is C55H84O42. The highest BCUT2D eigenvalue weighted by Gasteiger charge is 2.61. The maximum Gasteiger partial charge on any atom is 0.342 e. The molecule has 42 heteroatoms. The molecule has 0 aromatic heterocycles. The molecule has 97 heavy (non-hydrogen) atoms. The number of carbonyl (C=O) groups excluding carboxylic acids is 1. The highest BCUT2D eigenvalue weighted by molar-refractivity contribution is 5.92. The second-order valence-electron chi connectivity index (χ2n) is 24.4. The number of hydrogen-bond donors (Lipinski definition) is 24. The lowest BCUT2D eigenvalue weighted by molar-refractivity contribution is -0.403. The zero-order chi connectivity index (χ0) is 70.3. The average molecular weight is 1420 g/mol. The Morgan fingerprint density at radius 1 is 0.268 bits per heavy atom. The molecule has 0 saturated carbocycles. The van der Waals surface area contributed by atoms with Crippen molar-refractivity contribution in [3.63, 3.8) is 0 Å². The lowest BCUT2D eigenvalue weighted by Gasteiger charge is -2.50. The second-order valence-corrected chi connectivity index (χ2v) is 24.4. The van der Waals surface area contributed by atoms with Gasteiger partial charge in [-0.2, -0.15) is 0 Å². The topological polar surface area (TPSA) is 660 Å². The van der Waals surface area contributed by atoms with Gasteiger partial charge >= 0.3 is 5.97 Å². The first-order valence-electron chi connectivity index (χ1n) is 30.8. The fourth-order valence-electron chi connectivity index (χ4n) is 12.8. The van der Waals surface area contributed by atoms with Crippen LogP contribution in [-0.2, 0) is 80.5 Å². The van der Waals surface area contributed by atoms with E-state index in [9.17, 15) is 127 Å². The van der Waals surface area contributed by atoms with Crippen LogP contribution in [-0.4, -0.2) is 427 Å². The molecule has 21 aliphatic rings. The molecule has 42 nitrogen and oxygen atoms in total. The van der Waals surface area contributed by atoms with Crippen molar-refractivity contribution in [3.8, 4) is 5.75 Å². The van der Waals surface area contributed by atoms with Crippen LogP contribution in [0.4, 0.5) is 0 Å². The van der Waals surface area contributed by atoms with Gasteiger partial charge in [-0.15, -0.1) is 0 Å². The predicted molar refractivity (Wildman–Crippen MR) is 292 cm³/mol. The SMILES string of the molecule is O=C(O[C@H]1[C@H]2O[C@H]3[C@H](O)[C@@H](O)[C@@H](O[C@H]4[C@H](O)[C@@H](O)[C@@H](O[C@H]5[C@H](O)[C@@H](O)[C@@H](O[C@H]6[C@H](O)[C@@H](O)[C@@H](O[C@H]7[C@H](O)[C@@H](O)[C@@H](O[C@H]8[C@H](O)[C@@H](O)[C@@H](O[C@H]9[C@H](O)[C@@H](O)[C@@H](O[C@@H]([C@@H]1O)[C@@H](CO)O2)O[C@@H]9CO)O[C@@H]8CO)O[C@@H]7CO)O[C@@H]6CO)O[C@@H]5CO)O[C@@H]4CO)O[C@@H]3CO)c1ccccc1O. The Hall–Kier alpha value is -3.07.